The number of benzene rings is 1. The summed E-state index contributed by atoms with van der Waals surface area (Å²) in [5.41, 5.74) is 3.31. The van der Waals surface area contributed by atoms with E-state index in [1.807, 2.05) is 0 Å². The van der Waals surface area contributed by atoms with Crippen LogP contribution in [0.1, 0.15) is 70.0 Å². The van der Waals surface area contributed by atoms with Crippen molar-refractivity contribution < 1.29 is 0 Å². The molecule has 1 aromatic rings. The topological polar surface area (TPSA) is 12.0 Å². The Morgan fingerprint density at radius 2 is 1.65 bits per heavy atom. The molecule has 1 N–H and O–H groups in total. The molecular weight excluding hydrogens is 242 g/mol. The highest BCUT2D eigenvalue weighted by molar-refractivity contribution is 5.23. The molecule has 0 amide bonds. The summed E-state index contributed by atoms with van der Waals surface area (Å²) in [6.07, 6.45) is 7.05. The summed E-state index contributed by atoms with van der Waals surface area (Å²) in [5, 5.41) is 3.81. The van der Waals surface area contributed by atoms with Gasteiger partial charge in [-0.1, -0.05) is 56.5 Å². The minimum Gasteiger partial charge on any atom is -0.310 e. The summed E-state index contributed by atoms with van der Waals surface area (Å²) < 4.78 is 0. The third-order valence-electron chi connectivity index (χ3n) is 4.87. The van der Waals surface area contributed by atoms with E-state index >= 15 is 0 Å². The fourth-order valence-electron chi connectivity index (χ4n) is 3.79. The van der Waals surface area contributed by atoms with Crippen molar-refractivity contribution in [3.63, 3.8) is 0 Å². The number of hydrogen-bond acceptors (Lipinski definition) is 1. The van der Waals surface area contributed by atoms with Crippen molar-refractivity contribution in [1.82, 2.24) is 5.32 Å². The van der Waals surface area contributed by atoms with Gasteiger partial charge in [0.05, 0.1) is 0 Å². The molecule has 0 bridgehead atoms. The molecule has 1 aliphatic carbocycles. The molecule has 1 nitrogen and oxygen atoms in total. The summed E-state index contributed by atoms with van der Waals surface area (Å²) in [4.78, 5) is 0. The molecule has 0 spiro atoms. The van der Waals surface area contributed by atoms with E-state index < -0.39 is 0 Å². The molecular formula is C19H31N. The van der Waals surface area contributed by atoms with Crippen LogP contribution in [0.4, 0.5) is 0 Å². The predicted octanol–water partition coefficient (Wildman–Crippen LogP) is 5.25. The van der Waals surface area contributed by atoms with E-state index in [4.69, 9.17) is 0 Å². The lowest BCUT2D eigenvalue weighted by molar-refractivity contribution is 0.217. The molecule has 1 aromatic carbocycles. The Kier molecular flexibility index (Phi) is 5.26. The molecule has 1 saturated carbocycles. The van der Waals surface area contributed by atoms with Gasteiger partial charge in [0.2, 0.25) is 0 Å². The molecule has 1 unspecified atom stereocenters. The highest BCUT2D eigenvalue weighted by Crippen LogP contribution is 2.42. The second-order valence-corrected chi connectivity index (χ2v) is 7.32. The van der Waals surface area contributed by atoms with E-state index in [0.29, 0.717) is 11.5 Å². The third kappa shape index (κ3) is 4.09. The van der Waals surface area contributed by atoms with Crippen LogP contribution in [-0.4, -0.2) is 6.54 Å². The molecule has 0 aromatic heterocycles. The van der Waals surface area contributed by atoms with Gasteiger partial charge >= 0.3 is 0 Å². The maximum atomic E-state index is 3.81. The lowest BCUT2D eigenvalue weighted by atomic mass is 9.78. The lowest BCUT2D eigenvalue weighted by Crippen LogP contribution is -2.34. The molecule has 20 heavy (non-hydrogen) atoms. The standard InChI is InChI=1S/C19H31N/c1-15(2)13-19(11-5-6-12-19)14-20-17(4)18-9-7-16(3)8-10-18/h7-10,15,17,20H,5-6,11-14H2,1-4H3. The molecule has 2 rings (SSSR count). The normalized spacial score (nSPS) is 19.4. The van der Waals surface area contributed by atoms with Gasteiger partial charge in [-0.3, -0.25) is 0 Å². The van der Waals surface area contributed by atoms with Crippen LogP contribution in [0, 0.1) is 18.3 Å². The van der Waals surface area contributed by atoms with Gasteiger partial charge < -0.3 is 5.32 Å². The zero-order valence-electron chi connectivity index (χ0n) is 13.7. The molecule has 0 radical (unpaired) electrons. The maximum absolute atomic E-state index is 3.81. The first kappa shape index (κ1) is 15.6. The van der Waals surface area contributed by atoms with Crippen LogP contribution < -0.4 is 5.32 Å². The molecule has 0 aliphatic heterocycles. The van der Waals surface area contributed by atoms with Crippen LogP contribution in [0.15, 0.2) is 24.3 Å². The Morgan fingerprint density at radius 1 is 1.05 bits per heavy atom. The Balaban J connectivity index is 1.93. The first-order valence-corrected chi connectivity index (χ1v) is 8.31. The number of hydrogen-bond donors (Lipinski definition) is 1. The van der Waals surface area contributed by atoms with Crippen LogP contribution in [0.3, 0.4) is 0 Å². The zero-order chi connectivity index (χ0) is 14.6. The van der Waals surface area contributed by atoms with Gasteiger partial charge in [0, 0.05) is 12.6 Å². The van der Waals surface area contributed by atoms with Gasteiger partial charge in [0.1, 0.15) is 0 Å². The fraction of sp³-hybridized carbons (Fsp3) is 0.684. The lowest BCUT2D eigenvalue weighted by Gasteiger charge is -2.33. The monoisotopic (exact) mass is 273 g/mol. The Morgan fingerprint density at radius 3 is 2.20 bits per heavy atom. The Labute approximate surface area is 125 Å². The number of rotatable bonds is 6. The van der Waals surface area contributed by atoms with E-state index in [0.717, 1.165) is 5.92 Å². The number of nitrogens with one attached hydrogen (secondary N) is 1. The van der Waals surface area contributed by atoms with E-state index in [1.165, 1.54) is 49.8 Å². The first-order chi connectivity index (χ1) is 9.51. The maximum Gasteiger partial charge on any atom is 0.0292 e. The van der Waals surface area contributed by atoms with Crippen LogP contribution in [0.25, 0.3) is 0 Å². The van der Waals surface area contributed by atoms with E-state index in [1.54, 1.807) is 0 Å². The molecule has 1 fully saturated rings. The Bertz CT molecular complexity index is 398. The van der Waals surface area contributed by atoms with E-state index in [9.17, 15) is 0 Å². The van der Waals surface area contributed by atoms with Gasteiger partial charge in [0.25, 0.3) is 0 Å². The largest absolute Gasteiger partial charge is 0.310 e. The minimum atomic E-state index is 0.459. The molecule has 1 aliphatic rings. The van der Waals surface area contributed by atoms with Crippen molar-refractivity contribution in [2.75, 3.05) is 6.54 Å². The van der Waals surface area contributed by atoms with E-state index in [2.05, 4.69) is 57.3 Å². The molecule has 1 atom stereocenters. The average Bonchev–Trinajstić information content (AvgIpc) is 2.85. The van der Waals surface area contributed by atoms with Gasteiger partial charge in [-0.05, 0) is 50.0 Å². The molecule has 0 heterocycles. The van der Waals surface area contributed by atoms with Gasteiger partial charge in [-0.15, -0.1) is 0 Å². The predicted molar refractivity (Wildman–Crippen MR) is 88.0 cm³/mol. The molecule has 0 saturated heterocycles. The quantitative estimate of drug-likeness (QED) is 0.746. The summed E-state index contributed by atoms with van der Waals surface area (Å²) in [6.45, 7) is 10.4. The summed E-state index contributed by atoms with van der Waals surface area (Å²) >= 11 is 0. The van der Waals surface area contributed by atoms with Crippen molar-refractivity contribution in [1.29, 1.82) is 0 Å². The zero-order valence-corrected chi connectivity index (χ0v) is 13.7. The SMILES string of the molecule is Cc1ccc(C(C)NCC2(CC(C)C)CCCC2)cc1. The second kappa shape index (κ2) is 6.76. The van der Waals surface area contributed by atoms with Crippen molar-refractivity contribution in [3.8, 4) is 0 Å². The van der Waals surface area contributed by atoms with Gasteiger partial charge in [0.15, 0.2) is 0 Å². The minimum absolute atomic E-state index is 0.459. The smallest absolute Gasteiger partial charge is 0.0292 e. The molecule has 1 heteroatoms. The van der Waals surface area contributed by atoms with Crippen molar-refractivity contribution in [3.05, 3.63) is 35.4 Å². The third-order valence-corrected chi connectivity index (χ3v) is 4.87. The van der Waals surface area contributed by atoms with Gasteiger partial charge in [-0.2, -0.15) is 0 Å². The fourth-order valence-corrected chi connectivity index (χ4v) is 3.79. The summed E-state index contributed by atoms with van der Waals surface area (Å²) in [7, 11) is 0. The first-order valence-electron chi connectivity index (χ1n) is 8.31. The average molecular weight is 273 g/mol. The van der Waals surface area contributed by atoms with Crippen molar-refractivity contribution in [2.24, 2.45) is 11.3 Å². The van der Waals surface area contributed by atoms with Crippen LogP contribution >= 0.6 is 0 Å². The van der Waals surface area contributed by atoms with Crippen molar-refractivity contribution in [2.45, 2.75) is 65.8 Å². The van der Waals surface area contributed by atoms with Crippen LogP contribution in [-0.2, 0) is 0 Å². The van der Waals surface area contributed by atoms with E-state index in [-0.39, 0.29) is 0 Å². The second-order valence-electron chi connectivity index (χ2n) is 7.32. The highest BCUT2D eigenvalue weighted by Gasteiger charge is 2.34. The van der Waals surface area contributed by atoms with Crippen LogP contribution in [0.5, 0.6) is 0 Å². The van der Waals surface area contributed by atoms with Gasteiger partial charge in [-0.25, -0.2) is 0 Å². The highest BCUT2D eigenvalue weighted by atomic mass is 14.9. The molecule has 112 valence electrons. The van der Waals surface area contributed by atoms with Crippen molar-refractivity contribution >= 4 is 0 Å². The number of aryl methyl sites for hydroxylation is 1. The Hall–Kier alpha value is -0.820. The summed E-state index contributed by atoms with van der Waals surface area (Å²) in [6, 6.07) is 9.41. The summed E-state index contributed by atoms with van der Waals surface area (Å²) in [5.74, 6) is 0.810. The van der Waals surface area contributed by atoms with Crippen LogP contribution in [0.2, 0.25) is 0 Å².